The SMILES string of the molecule is COC(=O)CCCNC(=O)[C@@H](N)C(C)(C)C. The Hall–Kier alpha value is -1.10. The van der Waals surface area contributed by atoms with Crippen LogP contribution in [0.15, 0.2) is 0 Å². The molecule has 0 aliphatic heterocycles. The van der Waals surface area contributed by atoms with Crippen LogP contribution in [-0.2, 0) is 14.3 Å². The van der Waals surface area contributed by atoms with Gasteiger partial charge in [0.05, 0.1) is 13.2 Å². The molecule has 94 valence electrons. The summed E-state index contributed by atoms with van der Waals surface area (Å²) in [6.45, 7) is 6.17. The average Bonchev–Trinajstić information content (AvgIpc) is 2.21. The van der Waals surface area contributed by atoms with Crippen molar-refractivity contribution >= 4 is 11.9 Å². The van der Waals surface area contributed by atoms with Gasteiger partial charge < -0.3 is 15.8 Å². The first-order chi connectivity index (χ1) is 7.29. The number of carbonyl (C=O) groups is 2. The van der Waals surface area contributed by atoms with E-state index in [1.807, 2.05) is 20.8 Å². The van der Waals surface area contributed by atoms with Crippen molar-refractivity contribution in [2.45, 2.75) is 39.7 Å². The van der Waals surface area contributed by atoms with Crippen LogP contribution < -0.4 is 11.1 Å². The van der Waals surface area contributed by atoms with Crippen LogP contribution in [0.1, 0.15) is 33.6 Å². The Balaban J connectivity index is 3.78. The van der Waals surface area contributed by atoms with Crippen LogP contribution in [-0.4, -0.2) is 31.6 Å². The van der Waals surface area contributed by atoms with Crippen molar-refractivity contribution in [2.75, 3.05) is 13.7 Å². The second-order valence-corrected chi connectivity index (χ2v) is 4.81. The highest BCUT2D eigenvalue weighted by Gasteiger charge is 2.26. The second kappa shape index (κ2) is 6.48. The molecule has 1 atom stereocenters. The number of hydrogen-bond acceptors (Lipinski definition) is 4. The largest absolute Gasteiger partial charge is 0.469 e. The molecule has 5 heteroatoms. The lowest BCUT2D eigenvalue weighted by Gasteiger charge is -2.25. The summed E-state index contributed by atoms with van der Waals surface area (Å²) in [6, 6.07) is -0.536. The highest BCUT2D eigenvalue weighted by Crippen LogP contribution is 2.16. The smallest absolute Gasteiger partial charge is 0.305 e. The van der Waals surface area contributed by atoms with Crippen LogP contribution in [0, 0.1) is 5.41 Å². The monoisotopic (exact) mass is 230 g/mol. The molecule has 0 aromatic rings. The van der Waals surface area contributed by atoms with Crippen molar-refractivity contribution in [3.8, 4) is 0 Å². The number of ether oxygens (including phenoxy) is 1. The number of amides is 1. The van der Waals surface area contributed by atoms with Gasteiger partial charge in [-0.25, -0.2) is 0 Å². The molecule has 0 aromatic heterocycles. The van der Waals surface area contributed by atoms with Crippen LogP contribution in [0.4, 0.5) is 0 Å². The molecule has 0 rings (SSSR count). The van der Waals surface area contributed by atoms with E-state index in [0.717, 1.165) is 0 Å². The molecule has 3 N–H and O–H groups in total. The van der Waals surface area contributed by atoms with E-state index in [1.54, 1.807) is 0 Å². The third-order valence-corrected chi connectivity index (χ3v) is 2.30. The van der Waals surface area contributed by atoms with Gasteiger partial charge in [0.25, 0.3) is 0 Å². The van der Waals surface area contributed by atoms with E-state index >= 15 is 0 Å². The number of esters is 1. The zero-order chi connectivity index (χ0) is 12.8. The Morgan fingerprint density at radius 1 is 1.38 bits per heavy atom. The standard InChI is InChI=1S/C11H22N2O3/c1-11(2,3)9(12)10(15)13-7-5-6-8(14)16-4/h9H,5-7,12H2,1-4H3,(H,13,15)/t9-/m1/s1. The van der Waals surface area contributed by atoms with Crippen molar-refractivity contribution in [1.29, 1.82) is 0 Å². The van der Waals surface area contributed by atoms with E-state index in [4.69, 9.17) is 5.73 Å². The van der Waals surface area contributed by atoms with E-state index in [9.17, 15) is 9.59 Å². The number of hydrogen-bond donors (Lipinski definition) is 2. The van der Waals surface area contributed by atoms with E-state index in [1.165, 1.54) is 7.11 Å². The molecule has 0 saturated heterocycles. The van der Waals surface area contributed by atoms with Gasteiger partial charge in [-0.2, -0.15) is 0 Å². The molecule has 0 aromatic carbocycles. The van der Waals surface area contributed by atoms with Crippen molar-refractivity contribution in [3.05, 3.63) is 0 Å². The van der Waals surface area contributed by atoms with Gasteiger partial charge in [0.2, 0.25) is 5.91 Å². The number of rotatable bonds is 5. The molecule has 0 unspecified atom stereocenters. The molecular weight excluding hydrogens is 208 g/mol. The first-order valence-corrected chi connectivity index (χ1v) is 5.39. The summed E-state index contributed by atoms with van der Waals surface area (Å²) < 4.78 is 4.48. The Morgan fingerprint density at radius 2 is 1.94 bits per heavy atom. The fourth-order valence-electron chi connectivity index (χ4n) is 1.05. The van der Waals surface area contributed by atoms with Gasteiger partial charge in [0, 0.05) is 13.0 Å². The molecule has 0 spiro atoms. The summed E-state index contributed by atoms with van der Waals surface area (Å²) >= 11 is 0. The van der Waals surface area contributed by atoms with E-state index in [0.29, 0.717) is 19.4 Å². The van der Waals surface area contributed by atoms with Crippen molar-refractivity contribution in [2.24, 2.45) is 11.1 Å². The van der Waals surface area contributed by atoms with Gasteiger partial charge in [-0.15, -0.1) is 0 Å². The molecule has 0 aliphatic carbocycles. The van der Waals surface area contributed by atoms with Crippen molar-refractivity contribution < 1.29 is 14.3 Å². The number of carbonyl (C=O) groups excluding carboxylic acids is 2. The Morgan fingerprint density at radius 3 is 2.38 bits per heavy atom. The van der Waals surface area contributed by atoms with Crippen molar-refractivity contribution in [3.63, 3.8) is 0 Å². The van der Waals surface area contributed by atoms with Crippen LogP contribution >= 0.6 is 0 Å². The fourth-order valence-corrected chi connectivity index (χ4v) is 1.05. The molecule has 0 aliphatic rings. The zero-order valence-corrected chi connectivity index (χ0v) is 10.5. The lowest BCUT2D eigenvalue weighted by Crippen LogP contribution is -2.48. The van der Waals surface area contributed by atoms with Gasteiger partial charge in [-0.3, -0.25) is 9.59 Å². The molecule has 16 heavy (non-hydrogen) atoms. The summed E-state index contributed by atoms with van der Waals surface area (Å²) in [6.07, 6.45) is 0.872. The summed E-state index contributed by atoms with van der Waals surface area (Å²) in [5.74, 6) is -0.452. The topological polar surface area (TPSA) is 81.4 Å². The average molecular weight is 230 g/mol. The Bertz CT molecular complexity index is 246. The quantitative estimate of drug-likeness (QED) is 0.530. The van der Waals surface area contributed by atoms with E-state index < -0.39 is 6.04 Å². The lowest BCUT2D eigenvalue weighted by atomic mass is 9.87. The highest BCUT2D eigenvalue weighted by atomic mass is 16.5. The van der Waals surface area contributed by atoms with Gasteiger partial charge in [-0.05, 0) is 11.8 Å². The first kappa shape index (κ1) is 14.9. The van der Waals surface area contributed by atoms with Crippen LogP contribution in [0.3, 0.4) is 0 Å². The maximum Gasteiger partial charge on any atom is 0.305 e. The summed E-state index contributed by atoms with van der Waals surface area (Å²) in [5.41, 5.74) is 5.50. The van der Waals surface area contributed by atoms with Crippen molar-refractivity contribution in [1.82, 2.24) is 5.32 Å². The molecule has 1 amide bonds. The maximum atomic E-state index is 11.6. The summed E-state index contributed by atoms with van der Waals surface area (Å²) in [5, 5.41) is 2.70. The number of nitrogens with one attached hydrogen (secondary N) is 1. The van der Waals surface area contributed by atoms with E-state index in [-0.39, 0.29) is 17.3 Å². The number of methoxy groups -OCH3 is 1. The predicted octanol–water partition coefficient (Wildman–Crippen LogP) is 0.429. The minimum Gasteiger partial charge on any atom is -0.469 e. The third-order valence-electron chi connectivity index (χ3n) is 2.30. The van der Waals surface area contributed by atoms with Crippen LogP contribution in [0.5, 0.6) is 0 Å². The van der Waals surface area contributed by atoms with Crippen LogP contribution in [0.2, 0.25) is 0 Å². The number of nitrogens with two attached hydrogens (primary N) is 1. The van der Waals surface area contributed by atoms with E-state index in [2.05, 4.69) is 10.1 Å². The fraction of sp³-hybridized carbons (Fsp3) is 0.818. The molecule has 5 nitrogen and oxygen atoms in total. The lowest BCUT2D eigenvalue weighted by molar-refractivity contribution is -0.140. The Kier molecular flexibility index (Phi) is 6.03. The van der Waals surface area contributed by atoms with Crippen LogP contribution in [0.25, 0.3) is 0 Å². The summed E-state index contributed by atoms with van der Waals surface area (Å²) in [7, 11) is 1.34. The normalized spacial score (nSPS) is 13.1. The van der Waals surface area contributed by atoms with Gasteiger partial charge in [-0.1, -0.05) is 20.8 Å². The molecule has 0 saturated carbocycles. The molecule has 0 radical (unpaired) electrons. The Labute approximate surface area is 96.7 Å². The second-order valence-electron chi connectivity index (χ2n) is 4.81. The molecule has 0 fully saturated rings. The molecule has 0 bridgehead atoms. The minimum atomic E-state index is -0.536. The predicted molar refractivity (Wildman–Crippen MR) is 61.7 cm³/mol. The first-order valence-electron chi connectivity index (χ1n) is 5.39. The highest BCUT2D eigenvalue weighted by molar-refractivity contribution is 5.82. The molecular formula is C11H22N2O3. The maximum absolute atomic E-state index is 11.6. The van der Waals surface area contributed by atoms with Gasteiger partial charge in [0.1, 0.15) is 0 Å². The minimum absolute atomic E-state index is 0.183. The third kappa shape index (κ3) is 5.70. The van der Waals surface area contributed by atoms with Gasteiger partial charge in [0.15, 0.2) is 0 Å². The van der Waals surface area contributed by atoms with Gasteiger partial charge >= 0.3 is 5.97 Å². The molecule has 0 heterocycles. The zero-order valence-electron chi connectivity index (χ0n) is 10.5. The summed E-state index contributed by atoms with van der Waals surface area (Å²) in [4.78, 5) is 22.3.